The van der Waals surface area contributed by atoms with E-state index in [4.69, 9.17) is 5.73 Å². The topological polar surface area (TPSA) is 46.3 Å². The molecule has 0 rings (SSSR count). The Morgan fingerprint density at radius 1 is 1.36 bits per heavy atom. The van der Waals surface area contributed by atoms with Crippen molar-refractivity contribution < 1.29 is 4.79 Å². The Hall–Kier alpha value is -0.570. The van der Waals surface area contributed by atoms with Crippen LogP contribution in [-0.2, 0) is 4.79 Å². The second-order valence-corrected chi connectivity index (χ2v) is 3.93. The van der Waals surface area contributed by atoms with Crippen LogP contribution in [0.25, 0.3) is 0 Å². The monoisotopic (exact) mass is 200 g/mol. The van der Waals surface area contributed by atoms with Gasteiger partial charge in [-0.1, -0.05) is 20.3 Å². The minimum absolute atomic E-state index is 0.0767. The van der Waals surface area contributed by atoms with Gasteiger partial charge >= 0.3 is 0 Å². The largest absolute Gasteiger partial charge is 0.339 e. The molecule has 2 atom stereocenters. The van der Waals surface area contributed by atoms with Gasteiger partial charge in [-0.05, 0) is 26.7 Å². The van der Waals surface area contributed by atoms with E-state index in [9.17, 15) is 4.79 Å². The van der Waals surface area contributed by atoms with Crippen molar-refractivity contribution in [2.45, 2.75) is 59.0 Å². The summed E-state index contributed by atoms with van der Waals surface area (Å²) < 4.78 is 0. The first-order valence-electron chi connectivity index (χ1n) is 5.60. The summed E-state index contributed by atoms with van der Waals surface area (Å²) in [5.74, 6) is 0.0767. The van der Waals surface area contributed by atoms with Crippen molar-refractivity contribution in [2.24, 2.45) is 5.73 Å². The minimum Gasteiger partial charge on any atom is -0.339 e. The molecule has 0 aliphatic rings. The SMILES string of the molecule is CCCCN(C(=O)[C@@H](C)N)C(C)CC. The molecule has 84 valence electrons. The third-order valence-electron chi connectivity index (χ3n) is 2.55. The van der Waals surface area contributed by atoms with Gasteiger partial charge < -0.3 is 10.6 Å². The van der Waals surface area contributed by atoms with Crippen LogP contribution in [0.4, 0.5) is 0 Å². The second kappa shape index (κ2) is 6.82. The van der Waals surface area contributed by atoms with Gasteiger partial charge in [0, 0.05) is 12.6 Å². The van der Waals surface area contributed by atoms with Crippen LogP contribution in [0.2, 0.25) is 0 Å². The lowest BCUT2D eigenvalue weighted by molar-refractivity contribution is -0.134. The molecule has 0 aromatic carbocycles. The lowest BCUT2D eigenvalue weighted by Gasteiger charge is -2.30. The molecule has 1 unspecified atom stereocenters. The molecule has 0 fully saturated rings. The van der Waals surface area contributed by atoms with E-state index in [-0.39, 0.29) is 11.9 Å². The zero-order valence-corrected chi connectivity index (χ0v) is 9.92. The molecule has 0 radical (unpaired) electrons. The molecule has 0 aromatic heterocycles. The number of rotatable bonds is 6. The molecule has 0 aliphatic heterocycles. The average molecular weight is 200 g/mol. The maximum absolute atomic E-state index is 11.8. The summed E-state index contributed by atoms with van der Waals surface area (Å²) in [6, 6.07) is -0.0686. The molecule has 14 heavy (non-hydrogen) atoms. The smallest absolute Gasteiger partial charge is 0.239 e. The maximum Gasteiger partial charge on any atom is 0.239 e. The van der Waals surface area contributed by atoms with Crippen LogP contribution in [0.3, 0.4) is 0 Å². The van der Waals surface area contributed by atoms with Gasteiger partial charge in [-0.3, -0.25) is 4.79 Å². The maximum atomic E-state index is 11.8. The van der Waals surface area contributed by atoms with Gasteiger partial charge in [-0.2, -0.15) is 0 Å². The fourth-order valence-corrected chi connectivity index (χ4v) is 1.36. The molecule has 0 saturated heterocycles. The minimum atomic E-state index is -0.374. The average Bonchev–Trinajstić information content (AvgIpc) is 2.17. The molecule has 0 bridgehead atoms. The highest BCUT2D eigenvalue weighted by Gasteiger charge is 2.20. The predicted molar refractivity (Wildman–Crippen MR) is 60.0 cm³/mol. The van der Waals surface area contributed by atoms with Gasteiger partial charge in [0.05, 0.1) is 6.04 Å². The lowest BCUT2D eigenvalue weighted by Crippen LogP contribution is -2.46. The zero-order valence-electron chi connectivity index (χ0n) is 9.92. The quantitative estimate of drug-likeness (QED) is 0.710. The normalized spacial score (nSPS) is 14.9. The van der Waals surface area contributed by atoms with E-state index in [1.807, 2.05) is 4.90 Å². The Labute approximate surface area is 87.6 Å². The van der Waals surface area contributed by atoms with Gasteiger partial charge in [0.2, 0.25) is 5.91 Å². The molecular formula is C11H24N2O. The van der Waals surface area contributed by atoms with Crippen molar-refractivity contribution >= 4 is 5.91 Å². The van der Waals surface area contributed by atoms with Crippen molar-refractivity contribution in [1.29, 1.82) is 0 Å². The first kappa shape index (κ1) is 13.4. The van der Waals surface area contributed by atoms with E-state index in [1.165, 1.54) is 0 Å². The Morgan fingerprint density at radius 2 is 1.93 bits per heavy atom. The standard InChI is InChI=1S/C11H24N2O/c1-5-7-8-13(9(3)6-2)11(14)10(4)12/h9-10H,5-8,12H2,1-4H3/t9?,10-/m1/s1. The Bertz CT molecular complexity index is 169. The molecule has 3 nitrogen and oxygen atoms in total. The molecule has 0 aromatic rings. The molecule has 1 amide bonds. The van der Waals surface area contributed by atoms with Crippen LogP contribution in [0.5, 0.6) is 0 Å². The van der Waals surface area contributed by atoms with Crippen LogP contribution < -0.4 is 5.73 Å². The van der Waals surface area contributed by atoms with Gasteiger partial charge in [0.25, 0.3) is 0 Å². The molecular weight excluding hydrogens is 176 g/mol. The first-order valence-corrected chi connectivity index (χ1v) is 5.60. The number of hydrogen-bond acceptors (Lipinski definition) is 2. The summed E-state index contributed by atoms with van der Waals surface area (Å²) in [6.07, 6.45) is 3.16. The van der Waals surface area contributed by atoms with Gasteiger partial charge in [-0.15, -0.1) is 0 Å². The van der Waals surface area contributed by atoms with Crippen LogP contribution >= 0.6 is 0 Å². The van der Waals surface area contributed by atoms with E-state index in [2.05, 4.69) is 20.8 Å². The van der Waals surface area contributed by atoms with Crippen molar-refractivity contribution in [1.82, 2.24) is 4.90 Å². The van der Waals surface area contributed by atoms with Crippen molar-refractivity contribution in [3.8, 4) is 0 Å². The molecule has 0 aliphatic carbocycles. The highest BCUT2D eigenvalue weighted by atomic mass is 16.2. The molecule has 0 heterocycles. The third kappa shape index (κ3) is 4.09. The van der Waals surface area contributed by atoms with E-state index >= 15 is 0 Å². The van der Waals surface area contributed by atoms with Crippen LogP contribution in [0.1, 0.15) is 47.0 Å². The number of unbranched alkanes of at least 4 members (excludes halogenated alkanes) is 1. The summed E-state index contributed by atoms with van der Waals surface area (Å²) in [6.45, 7) is 8.90. The molecule has 2 N–H and O–H groups in total. The lowest BCUT2D eigenvalue weighted by atomic mass is 10.1. The summed E-state index contributed by atoms with van der Waals surface area (Å²) >= 11 is 0. The molecule has 0 saturated carbocycles. The molecule has 3 heteroatoms. The zero-order chi connectivity index (χ0) is 11.1. The number of amides is 1. The second-order valence-electron chi connectivity index (χ2n) is 3.93. The van der Waals surface area contributed by atoms with E-state index in [1.54, 1.807) is 6.92 Å². The number of carbonyl (C=O) groups excluding carboxylic acids is 1. The Morgan fingerprint density at radius 3 is 2.29 bits per heavy atom. The number of nitrogens with two attached hydrogens (primary N) is 1. The van der Waals surface area contributed by atoms with Crippen LogP contribution in [0, 0.1) is 0 Å². The van der Waals surface area contributed by atoms with E-state index < -0.39 is 0 Å². The van der Waals surface area contributed by atoms with Crippen LogP contribution in [0.15, 0.2) is 0 Å². The fourth-order valence-electron chi connectivity index (χ4n) is 1.36. The summed E-state index contributed by atoms with van der Waals surface area (Å²) in [4.78, 5) is 13.7. The highest BCUT2D eigenvalue weighted by Crippen LogP contribution is 2.07. The summed E-state index contributed by atoms with van der Waals surface area (Å²) in [5.41, 5.74) is 5.61. The third-order valence-corrected chi connectivity index (χ3v) is 2.55. The number of nitrogens with zero attached hydrogens (tertiary/aromatic N) is 1. The number of carbonyl (C=O) groups is 1. The summed E-state index contributed by atoms with van der Waals surface area (Å²) in [7, 11) is 0. The molecule has 0 spiro atoms. The van der Waals surface area contributed by atoms with E-state index in [0.29, 0.717) is 6.04 Å². The van der Waals surface area contributed by atoms with Gasteiger partial charge in [0.1, 0.15) is 0 Å². The van der Waals surface area contributed by atoms with Crippen molar-refractivity contribution in [2.75, 3.05) is 6.54 Å². The van der Waals surface area contributed by atoms with Crippen LogP contribution in [-0.4, -0.2) is 29.4 Å². The highest BCUT2D eigenvalue weighted by molar-refractivity contribution is 5.81. The van der Waals surface area contributed by atoms with E-state index in [0.717, 1.165) is 25.8 Å². The first-order chi connectivity index (χ1) is 6.54. The van der Waals surface area contributed by atoms with Gasteiger partial charge in [0.15, 0.2) is 0 Å². The Balaban J connectivity index is 4.30. The Kier molecular flexibility index (Phi) is 6.54. The number of hydrogen-bond donors (Lipinski definition) is 1. The van der Waals surface area contributed by atoms with Gasteiger partial charge in [-0.25, -0.2) is 0 Å². The summed E-state index contributed by atoms with van der Waals surface area (Å²) in [5, 5.41) is 0. The van der Waals surface area contributed by atoms with Crippen molar-refractivity contribution in [3.05, 3.63) is 0 Å². The predicted octanol–water partition coefficient (Wildman–Crippen LogP) is 1.76. The fraction of sp³-hybridized carbons (Fsp3) is 0.909. The van der Waals surface area contributed by atoms with Crippen molar-refractivity contribution in [3.63, 3.8) is 0 Å².